The molecule has 1 aliphatic rings. The van der Waals surface area contributed by atoms with Gasteiger partial charge in [0, 0.05) is 38.6 Å². The lowest BCUT2D eigenvalue weighted by Crippen LogP contribution is -2.53. The summed E-state index contributed by atoms with van der Waals surface area (Å²) in [6, 6.07) is 10.1. The number of anilines is 1. The first kappa shape index (κ1) is 19.2. The minimum absolute atomic E-state index is 0.00127. The van der Waals surface area contributed by atoms with Gasteiger partial charge in [0.15, 0.2) is 5.65 Å². The molecule has 0 saturated carbocycles. The van der Waals surface area contributed by atoms with Crippen LogP contribution in [0.4, 0.5) is 10.6 Å². The molecule has 1 aromatic carbocycles. The lowest BCUT2D eigenvalue weighted by atomic mass is 10.2. The molecule has 0 atom stereocenters. The summed E-state index contributed by atoms with van der Waals surface area (Å²) in [6.45, 7) is 8.80. The molecule has 2 aromatic heterocycles. The summed E-state index contributed by atoms with van der Waals surface area (Å²) in [7, 11) is 0. The van der Waals surface area contributed by atoms with E-state index in [1.165, 1.54) is 0 Å². The van der Waals surface area contributed by atoms with Crippen molar-refractivity contribution < 1.29 is 4.79 Å². The number of carbonyl (C=O) groups is 1. The highest BCUT2D eigenvalue weighted by Crippen LogP contribution is 2.26. The molecule has 0 bridgehead atoms. The van der Waals surface area contributed by atoms with Crippen LogP contribution in [0.3, 0.4) is 0 Å². The zero-order valence-electron chi connectivity index (χ0n) is 17.2. The molecule has 0 radical (unpaired) electrons. The van der Waals surface area contributed by atoms with Crippen molar-refractivity contribution in [3.05, 3.63) is 42.4 Å². The molecular weight excluding hydrogens is 366 g/mol. The van der Waals surface area contributed by atoms with E-state index in [1.807, 2.05) is 60.0 Å². The third-order valence-corrected chi connectivity index (χ3v) is 5.05. The van der Waals surface area contributed by atoms with Gasteiger partial charge < -0.3 is 15.1 Å². The van der Waals surface area contributed by atoms with E-state index >= 15 is 0 Å². The topological polar surface area (TPSA) is 79.2 Å². The number of rotatable bonds is 4. The first-order valence-corrected chi connectivity index (χ1v) is 10.2. The van der Waals surface area contributed by atoms with Gasteiger partial charge in [-0.25, -0.2) is 19.4 Å². The number of carbonyl (C=O) groups excluding carboxylic acids is 1. The quantitative estimate of drug-likeness (QED) is 0.737. The third kappa shape index (κ3) is 3.87. The van der Waals surface area contributed by atoms with E-state index < -0.39 is 0 Å². The Hall–Kier alpha value is -3.16. The number of piperazine rings is 1. The molecule has 1 N–H and O–H groups in total. The number of hydrogen-bond acceptors (Lipinski definition) is 5. The fourth-order valence-corrected chi connectivity index (χ4v) is 3.55. The predicted octanol–water partition coefficient (Wildman–Crippen LogP) is 2.62. The number of amides is 2. The number of para-hydroxylation sites is 1. The van der Waals surface area contributed by atoms with Crippen LogP contribution in [0.25, 0.3) is 16.7 Å². The van der Waals surface area contributed by atoms with Crippen LogP contribution in [0.15, 0.2) is 36.5 Å². The summed E-state index contributed by atoms with van der Waals surface area (Å²) in [4.78, 5) is 25.9. The zero-order chi connectivity index (χ0) is 20.4. The van der Waals surface area contributed by atoms with Gasteiger partial charge in [0.2, 0.25) is 0 Å². The van der Waals surface area contributed by atoms with E-state index in [2.05, 4.69) is 22.2 Å². The van der Waals surface area contributed by atoms with Crippen LogP contribution in [0.5, 0.6) is 0 Å². The zero-order valence-corrected chi connectivity index (χ0v) is 17.2. The largest absolute Gasteiger partial charge is 0.352 e. The van der Waals surface area contributed by atoms with E-state index in [1.54, 1.807) is 0 Å². The highest BCUT2D eigenvalue weighted by Gasteiger charge is 2.25. The van der Waals surface area contributed by atoms with Crippen LogP contribution in [-0.2, 0) is 6.42 Å². The maximum absolute atomic E-state index is 12.3. The van der Waals surface area contributed by atoms with Gasteiger partial charge in [0.05, 0.1) is 17.3 Å². The van der Waals surface area contributed by atoms with Gasteiger partial charge in [0.25, 0.3) is 0 Å². The molecular formula is C21H27N7O. The van der Waals surface area contributed by atoms with Crippen molar-refractivity contribution in [1.82, 2.24) is 30.0 Å². The summed E-state index contributed by atoms with van der Waals surface area (Å²) >= 11 is 0. The van der Waals surface area contributed by atoms with Crippen LogP contribution in [-0.4, -0.2) is 62.9 Å². The maximum atomic E-state index is 12.3. The number of nitrogens with zero attached hydrogens (tertiary/aromatic N) is 6. The Morgan fingerprint density at radius 2 is 1.83 bits per heavy atom. The molecule has 8 nitrogen and oxygen atoms in total. The molecule has 8 heteroatoms. The van der Waals surface area contributed by atoms with Crippen LogP contribution in [0.2, 0.25) is 0 Å². The van der Waals surface area contributed by atoms with E-state index in [-0.39, 0.29) is 12.1 Å². The Bertz CT molecular complexity index is 991. The SMILES string of the molecule is CCc1nc(N2CCN(C(=O)NC(C)C)CC2)c2cnn(-c3ccccc3)c2n1. The molecule has 152 valence electrons. The highest BCUT2D eigenvalue weighted by atomic mass is 16.2. The molecule has 0 spiro atoms. The summed E-state index contributed by atoms with van der Waals surface area (Å²) in [5, 5.41) is 8.49. The van der Waals surface area contributed by atoms with E-state index in [9.17, 15) is 4.79 Å². The fourth-order valence-electron chi connectivity index (χ4n) is 3.55. The first-order valence-electron chi connectivity index (χ1n) is 10.2. The molecule has 3 heterocycles. The molecule has 1 saturated heterocycles. The summed E-state index contributed by atoms with van der Waals surface area (Å²) in [5.74, 6) is 1.70. The smallest absolute Gasteiger partial charge is 0.317 e. The molecule has 2 amide bonds. The number of aromatic nitrogens is 4. The van der Waals surface area contributed by atoms with Crippen LogP contribution >= 0.6 is 0 Å². The number of urea groups is 1. The first-order chi connectivity index (χ1) is 14.1. The molecule has 0 aliphatic carbocycles. The van der Waals surface area contributed by atoms with Crippen molar-refractivity contribution in [3.8, 4) is 5.69 Å². The van der Waals surface area contributed by atoms with Crippen molar-refractivity contribution in [2.75, 3.05) is 31.1 Å². The van der Waals surface area contributed by atoms with E-state index in [4.69, 9.17) is 9.97 Å². The Kier molecular flexibility index (Phi) is 5.33. The Labute approximate surface area is 170 Å². The lowest BCUT2D eigenvalue weighted by molar-refractivity contribution is 0.192. The van der Waals surface area contributed by atoms with Crippen molar-refractivity contribution in [2.24, 2.45) is 0 Å². The van der Waals surface area contributed by atoms with Gasteiger partial charge in [0.1, 0.15) is 11.6 Å². The molecule has 3 aromatic rings. The van der Waals surface area contributed by atoms with Gasteiger partial charge in [-0.05, 0) is 26.0 Å². The monoisotopic (exact) mass is 393 g/mol. The van der Waals surface area contributed by atoms with E-state index in [0.717, 1.165) is 47.9 Å². The molecule has 0 unspecified atom stereocenters. The Morgan fingerprint density at radius 1 is 1.10 bits per heavy atom. The lowest BCUT2D eigenvalue weighted by Gasteiger charge is -2.36. The Morgan fingerprint density at radius 3 is 2.48 bits per heavy atom. The average Bonchev–Trinajstić information content (AvgIpc) is 3.17. The minimum Gasteiger partial charge on any atom is -0.352 e. The maximum Gasteiger partial charge on any atom is 0.317 e. The summed E-state index contributed by atoms with van der Waals surface area (Å²) < 4.78 is 1.87. The number of fused-ring (bicyclic) bond motifs is 1. The van der Waals surface area contributed by atoms with Crippen molar-refractivity contribution in [1.29, 1.82) is 0 Å². The average molecular weight is 393 g/mol. The van der Waals surface area contributed by atoms with E-state index in [0.29, 0.717) is 13.1 Å². The fraction of sp³-hybridized carbons (Fsp3) is 0.429. The van der Waals surface area contributed by atoms with Gasteiger partial charge in [-0.1, -0.05) is 25.1 Å². The molecule has 4 rings (SSSR count). The molecule has 1 fully saturated rings. The summed E-state index contributed by atoms with van der Waals surface area (Å²) in [5.41, 5.74) is 1.79. The standard InChI is InChI=1S/C21H27N7O/c1-4-18-24-19(26-10-12-27(13-11-26)21(29)23-15(2)3)17-14-22-28(20(17)25-18)16-8-6-5-7-9-16/h5-9,14-15H,4,10-13H2,1-3H3,(H,23,29). The molecule has 1 aliphatic heterocycles. The van der Waals surface area contributed by atoms with Crippen molar-refractivity contribution in [3.63, 3.8) is 0 Å². The number of benzene rings is 1. The van der Waals surface area contributed by atoms with Crippen LogP contribution < -0.4 is 10.2 Å². The van der Waals surface area contributed by atoms with Crippen LogP contribution in [0.1, 0.15) is 26.6 Å². The second-order valence-electron chi connectivity index (χ2n) is 7.52. The third-order valence-electron chi connectivity index (χ3n) is 5.05. The minimum atomic E-state index is -0.00127. The normalized spacial score (nSPS) is 14.6. The van der Waals surface area contributed by atoms with Gasteiger partial charge >= 0.3 is 6.03 Å². The van der Waals surface area contributed by atoms with Gasteiger partial charge in [-0.3, -0.25) is 0 Å². The second-order valence-corrected chi connectivity index (χ2v) is 7.52. The number of nitrogens with one attached hydrogen (secondary N) is 1. The highest BCUT2D eigenvalue weighted by molar-refractivity contribution is 5.88. The van der Waals surface area contributed by atoms with Crippen LogP contribution in [0, 0.1) is 0 Å². The predicted molar refractivity (Wildman–Crippen MR) is 113 cm³/mol. The molecule has 29 heavy (non-hydrogen) atoms. The van der Waals surface area contributed by atoms with Gasteiger partial charge in [-0.2, -0.15) is 5.10 Å². The second kappa shape index (κ2) is 8.06. The Balaban J connectivity index is 1.63. The summed E-state index contributed by atoms with van der Waals surface area (Å²) in [6.07, 6.45) is 2.59. The number of hydrogen-bond donors (Lipinski definition) is 1. The van der Waals surface area contributed by atoms with Crippen molar-refractivity contribution in [2.45, 2.75) is 33.2 Å². The van der Waals surface area contributed by atoms with Crippen molar-refractivity contribution >= 4 is 22.9 Å². The number of aryl methyl sites for hydroxylation is 1. The van der Waals surface area contributed by atoms with Gasteiger partial charge in [-0.15, -0.1) is 0 Å².